The van der Waals surface area contributed by atoms with Gasteiger partial charge >= 0.3 is 0 Å². The Hall–Kier alpha value is -1.73. The summed E-state index contributed by atoms with van der Waals surface area (Å²) in [6.07, 6.45) is 1.60. The van der Waals surface area contributed by atoms with Crippen molar-refractivity contribution in [3.8, 4) is 9.88 Å². The summed E-state index contributed by atoms with van der Waals surface area (Å²) >= 11 is 3.03. The molecule has 7 heteroatoms. The van der Waals surface area contributed by atoms with E-state index in [4.69, 9.17) is 0 Å². The third kappa shape index (κ3) is 3.03. The van der Waals surface area contributed by atoms with Crippen LogP contribution in [0.15, 0.2) is 17.5 Å². The lowest BCUT2D eigenvalue weighted by atomic mass is 10.2. The molecule has 1 aliphatic heterocycles. The molecule has 5 nitrogen and oxygen atoms in total. The molecule has 0 radical (unpaired) electrons. The molecule has 0 unspecified atom stereocenters. The first-order chi connectivity index (χ1) is 11.0. The molecule has 1 aliphatic rings. The summed E-state index contributed by atoms with van der Waals surface area (Å²) in [5, 5.41) is 2.87. The topological polar surface area (TPSA) is 53.5 Å². The molecule has 2 aromatic rings. The Morgan fingerprint density at radius 3 is 2.83 bits per heavy atom. The average molecular weight is 349 g/mol. The zero-order chi connectivity index (χ0) is 16.6. The molecule has 3 rings (SSSR count). The standard InChI is InChI=1S/C16H19N3O2S2/c1-10-13(23-14(17-10)12-7-5-9-22-12)16(21)19-8-4-6-11(19)15(20)18(2)3/h5,7,9,11H,4,6,8H2,1-3H3/t11-/m0/s1. The number of nitrogens with zero attached hydrogens (tertiary/aromatic N) is 3. The number of thiazole rings is 1. The molecule has 0 saturated carbocycles. The van der Waals surface area contributed by atoms with Crippen LogP contribution < -0.4 is 0 Å². The molecule has 1 saturated heterocycles. The smallest absolute Gasteiger partial charge is 0.266 e. The number of likely N-dealkylation sites (N-methyl/N-ethyl adjacent to an activating group) is 1. The number of hydrogen-bond acceptors (Lipinski definition) is 5. The van der Waals surface area contributed by atoms with Gasteiger partial charge in [-0.15, -0.1) is 22.7 Å². The zero-order valence-electron chi connectivity index (χ0n) is 13.4. The summed E-state index contributed by atoms with van der Waals surface area (Å²) < 4.78 is 0. The minimum atomic E-state index is -0.343. The second-order valence-corrected chi connectivity index (χ2v) is 7.75. The summed E-state index contributed by atoms with van der Waals surface area (Å²) in [6, 6.07) is 3.64. The minimum Gasteiger partial charge on any atom is -0.347 e. The van der Waals surface area contributed by atoms with Crippen LogP contribution in [0, 0.1) is 6.92 Å². The molecule has 2 aromatic heterocycles. The predicted molar refractivity (Wildman–Crippen MR) is 92.9 cm³/mol. The van der Waals surface area contributed by atoms with E-state index in [2.05, 4.69) is 4.98 Å². The first kappa shape index (κ1) is 16.1. The molecule has 2 amide bonds. The third-order valence-corrected chi connectivity index (χ3v) is 6.15. The Balaban J connectivity index is 1.87. The van der Waals surface area contributed by atoms with Crippen LogP contribution in [0.3, 0.4) is 0 Å². The molecular formula is C16H19N3O2S2. The number of likely N-dealkylation sites (tertiary alicyclic amines) is 1. The molecular weight excluding hydrogens is 330 g/mol. The van der Waals surface area contributed by atoms with Crippen molar-refractivity contribution in [3.63, 3.8) is 0 Å². The monoisotopic (exact) mass is 349 g/mol. The lowest BCUT2D eigenvalue weighted by molar-refractivity contribution is -0.132. The Bertz CT molecular complexity index is 722. The SMILES string of the molecule is Cc1nc(-c2cccs2)sc1C(=O)N1CCC[C@H]1C(=O)N(C)C. The average Bonchev–Trinajstić information content (AvgIpc) is 3.25. The van der Waals surface area contributed by atoms with E-state index >= 15 is 0 Å². The normalized spacial score (nSPS) is 17.5. The Labute approximate surface area is 143 Å². The van der Waals surface area contributed by atoms with Gasteiger partial charge in [0.1, 0.15) is 15.9 Å². The van der Waals surface area contributed by atoms with Crippen LogP contribution in [0.4, 0.5) is 0 Å². The summed E-state index contributed by atoms with van der Waals surface area (Å²) in [4.78, 5) is 34.7. The van der Waals surface area contributed by atoms with Crippen LogP contribution in [-0.2, 0) is 4.79 Å². The fraction of sp³-hybridized carbons (Fsp3) is 0.438. The maximum absolute atomic E-state index is 12.9. The Morgan fingerprint density at radius 2 is 2.17 bits per heavy atom. The molecule has 23 heavy (non-hydrogen) atoms. The quantitative estimate of drug-likeness (QED) is 0.856. The second-order valence-electron chi connectivity index (χ2n) is 5.80. The van der Waals surface area contributed by atoms with Gasteiger partial charge in [0, 0.05) is 20.6 Å². The lowest BCUT2D eigenvalue weighted by Gasteiger charge is -2.25. The van der Waals surface area contributed by atoms with Gasteiger partial charge in [0.15, 0.2) is 0 Å². The van der Waals surface area contributed by atoms with Crippen molar-refractivity contribution in [3.05, 3.63) is 28.1 Å². The van der Waals surface area contributed by atoms with E-state index in [-0.39, 0.29) is 17.9 Å². The van der Waals surface area contributed by atoms with Crippen LogP contribution in [-0.4, -0.2) is 53.3 Å². The van der Waals surface area contributed by atoms with E-state index in [0.717, 1.165) is 28.4 Å². The predicted octanol–water partition coefficient (Wildman–Crippen LogP) is 2.87. The molecule has 0 N–H and O–H groups in total. The van der Waals surface area contributed by atoms with Gasteiger partial charge in [-0.2, -0.15) is 0 Å². The highest BCUT2D eigenvalue weighted by Gasteiger charge is 2.36. The van der Waals surface area contributed by atoms with E-state index in [1.807, 2.05) is 24.4 Å². The summed E-state index contributed by atoms with van der Waals surface area (Å²) in [7, 11) is 3.46. The van der Waals surface area contributed by atoms with Crippen LogP contribution in [0.2, 0.25) is 0 Å². The molecule has 3 heterocycles. The van der Waals surface area contributed by atoms with Gasteiger partial charge in [0.25, 0.3) is 5.91 Å². The molecule has 0 spiro atoms. The van der Waals surface area contributed by atoms with Crippen molar-refractivity contribution in [2.24, 2.45) is 0 Å². The first-order valence-electron chi connectivity index (χ1n) is 7.52. The van der Waals surface area contributed by atoms with Gasteiger partial charge in [-0.1, -0.05) is 6.07 Å². The fourth-order valence-electron chi connectivity index (χ4n) is 2.80. The lowest BCUT2D eigenvalue weighted by Crippen LogP contribution is -2.45. The number of carbonyl (C=O) groups excluding carboxylic acids is 2. The molecule has 122 valence electrons. The van der Waals surface area contributed by atoms with Gasteiger partial charge in [-0.05, 0) is 31.2 Å². The number of rotatable bonds is 3. The number of amides is 2. The Kier molecular flexibility index (Phi) is 4.50. The van der Waals surface area contributed by atoms with Crippen LogP contribution >= 0.6 is 22.7 Å². The minimum absolute atomic E-state index is 0.00324. The highest BCUT2D eigenvalue weighted by atomic mass is 32.1. The van der Waals surface area contributed by atoms with Crippen molar-refractivity contribution >= 4 is 34.5 Å². The van der Waals surface area contributed by atoms with E-state index in [1.165, 1.54) is 11.3 Å². The highest BCUT2D eigenvalue weighted by molar-refractivity contribution is 7.22. The van der Waals surface area contributed by atoms with Crippen molar-refractivity contribution in [1.29, 1.82) is 0 Å². The van der Waals surface area contributed by atoms with Crippen LogP contribution in [0.25, 0.3) is 9.88 Å². The maximum atomic E-state index is 12.9. The Morgan fingerprint density at radius 1 is 1.39 bits per heavy atom. The van der Waals surface area contributed by atoms with E-state index < -0.39 is 0 Å². The fourth-order valence-corrected chi connectivity index (χ4v) is 4.61. The van der Waals surface area contributed by atoms with E-state index in [1.54, 1.807) is 35.2 Å². The van der Waals surface area contributed by atoms with Gasteiger partial charge < -0.3 is 9.80 Å². The largest absolute Gasteiger partial charge is 0.347 e. The van der Waals surface area contributed by atoms with Crippen molar-refractivity contribution in [2.75, 3.05) is 20.6 Å². The summed E-state index contributed by atoms with van der Waals surface area (Å²) in [5.41, 5.74) is 0.742. The molecule has 1 fully saturated rings. The van der Waals surface area contributed by atoms with Gasteiger partial charge in [-0.25, -0.2) is 4.98 Å². The molecule has 0 aromatic carbocycles. The van der Waals surface area contributed by atoms with Gasteiger partial charge in [0.2, 0.25) is 5.91 Å². The molecule has 0 aliphatic carbocycles. The third-order valence-electron chi connectivity index (χ3n) is 3.96. The number of hydrogen-bond donors (Lipinski definition) is 0. The molecule has 0 bridgehead atoms. The van der Waals surface area contributed by atoms with Gasteiger partial charge in [0.05, 0.1) is 10.6 Å². The van der Waals surface area contributed by atoms with E-state index in [0.29, 0.717) is 11.4 Å². The van der Waals surface area contributed by atoms with Crippen LogP contribution in [0.5, 0.6) is 0 Å². The number of thiophene rings is 1. The first-order valence-corrected chi connectivity index (χ1v) is 9.22. The van der Waals surface area contributed by atoms with Crippen molar-refractivity contribution in [1.82, 2.24) is 14.8 Å². The second kappa shape index (κ2) is 6.41. The number of aryl methyl sites for hydroxylation is 1. The number of carbonyl (C=O) groups is 2. The number of aromatic nitrogens is 1. The van der Waals surface area contributed by atoms with Gasteiger partial charge in [-0.3, -0.25) is 9.59 Å². The summed E-state index contributed by atoms with van der Waals surface area (Å²) in [6.45, 7) is 2.49. The van der Waals surface area contributed by atoms with Crippen LogP contribution in [0.1, 0.15) is 28.2 Å². The van der Waals surface area contributed by atoms with E-state index in [9.17, 15) is 9.59 Å². The van der Waals surface area contributed by atoms with Crippen molar-refractivity contribution < 1.29 is 9.59 Å². The zero-order valence-corrected chi connectivity index (χ0v) is 15.0. The van der Waals surface area contributed by atoms with Crippen molar-refractivity contribution in [2.45, 2.75) is 25.8 Å². The summed E-state index contributed by atoms with van der Waals surface area (Å²) in [5.74, 6) is -0.0722. The highest BCUT2D eigenvalue weighted by Crippen LogP contribution is 2.33. The maximum Gasteiger partial charge on any atom is 0.266 e. The molecule has 1 atom stereocenters.